The van der Waals surface area contributed by atoms with Gasteiger partial charge in [0.2, 0.25) is 15.9 Å². The maximum absolute atomic E-state index is 13.1. The number of benzene rings is 1. The molecule has 0 unspecified atom stereocenters. The van der Waals surface area contributed by atoms with Gasteiger partial charge in [-0.3, -0.25) is 9.36 Å². The van der Waals surface area contributed by atoms with Gasteiger partial charge in [0.25, 0.3) is 5.56 Å². The summed E-state index contributed by atoms with van der Waals surface area (Å²) < 4.78 is 39.0. The smallest absolute Gasteiger partial charge is 0.328 e. The van der Waals surface area contributed by atoms with Crippen molar-refractivity contribution < 1.29 is 17.6 Å². The molecule has 1 aromatic carbocycles. The summed E-state index contributed by atoms with van der Waals surface area (Å²) in [4.78, 5) is 30.9. The second-order valence-electron chi connectivity index (χ2n) is 6.50. The monoisotopic (exact) mass is 406 g/mol. The third kappa shape index (κ3) is 2.97. The van der Waals surface area contributed by atoms with E-state index in [4.69, 9.17) is 9.15 Å². The summed E-state index contributed by atoms with van der Waals surface area (Å²) in [5.41, 5.74) is -0.274. The third-order valence-corrected chi connectivity index (χ3v) is 6.56. The molecule has 0 amide bonds. The van der Waals surface area contributed by atoms with Crippen molar-refractivity contribution in [2.45, 2.75) is 24.5 Å². The van der Waals surface area contributed by atoms with E-state index in [1.165, 1.54) is 36.7 Å². The zero-order valence-electron chi connectivity index (χ0n) is 15.3. The molecule has 1 N–H and O–H groups in total. The topological polar surface area (TPSA) is 128 Å². The summed E-state index contributed by atoms with van der Waals surface area (Å²) in [6.45, 7) is 0.525. The zero-order chi connectivity index (χ0) is 20.1. The van der Waals surface area contributed by atoms with Gasteiger partial charge in [-0.2, -0.15) is 4.31 Å². The fourth-order valence-corrected chi connectivity index (χ4v) is 4.64. The number of hydrogen-bond donors (Lipinski definition) is 1. The molecule has 11 heteroatoms. The Kier molecular flexibility index (Phi) is 4.44. The predicted molar refractivity (Wildman–Crippen MR) is 98.3 cm³/mol. The van der Waals surface area contributed by atoms with Crippen LogP contribution in [0.25, 0.3) is 10.9 Å². The molecule has 148 valence electrons. The van der Waals surface area contributed by atoms with Crippen molar-refractivity contribution in [2.24, 2.45) is 7.05 Å². The third-order valence-electron chi connectivity index (χ3n) is 4.71. The van der Waals surface area contributed by atoms with E-state index in [9.17, 15) is 18.0 Å². The first-order valence-electron chi connectivity index (χ1n) is 8.51. The number of hydrogen-bond acceptors (Lipinski definition) is 7. The highest BCUT2D eigenvalue weighted by atomic mass is 32.2. The molecule has 0 atom stereocenters. The van der Waals surface area contributed by atoms with Crippen LogP contribution in [0.2, 0.25) is 0 Å². The van der Waals surface area contributed by atoms with Crippen LogP contribution in [0, 0.1) is 0 Å². The fraction of sp³-hybridized carbons (Fsp3) is 0.353. The predicted octanol–water partition coefficient (Wildman–Crippen LogP) is 0.108. The molecular weight excluding hydrogens is 388 g/mol. The number of ether oxygens (including phenoxy) is 1. The summed E-state index contributed by atoms with van der Waals surface area (Å²) in [7, 11) is -1.00. The lowest BCUT2D eigenvalue weighted by molar-refractivity contribution is 0.158. The molecular formula is C17H18N4O6S. The Balaban J connectivity index is 1.72. The summed E-state index contributed by atoms with van der Waals surface area (Å²) >= 11 is 0. The first-order chi connectivity index (χ1) is 13.3. The molecule has 0 radical (unpaired) electrons. The molecule has 3 aromatic rings. The first-order valence-corrected chi connectivity index (χ1v) is 9.95. The van der Waals surface area contributed by atoms with Crippen molar-refractivity contribution in [2.75, 3.05) is 13.7 Å². The van der Waals surface area contributed by atoms with E-state index in [2.05, 4.69) is 9.97 Å². The molecule has 0 fully saturated rings. The first kappa shape index (κ1) is 18.6. The number of aromatic amines is 1. The Labute approximate surface area is 159 Å². The highest BCUT2D eigenvalue weighted by Gasteiger charge is 2.31. The highest BCUT2D eigenvalue weighted by molar-refractivity contribution is 7.89. The fourth-order valence-electron chi connectivity index (χ4n) is 3.21. The Morgan fingerprint density at radius 3 is 2.86 bits per heavy atom. The molecule has 0 saturated heterocycles. The number of oxazole rings is 1. The largest absolute Gasteiger partial charge is 0.443 e. The van der Waals surface area contributed by atoms with Crippen molar-refractivity contribution >= 4 is 20.9 Å². The second-order valence-corrected chi connectivity index (χ2v) is 8.44. The number of nitrogens with one attached hydrogen (secondary N) is 1. The van der Waals surface area contributed by atoms with Gasteiger partial charge in [0.15, 0.2) is 0 Å². The van der Waals surface area contributed by atoms with Crippen molar-refractivity contribution in [1.82, 2.24) is 18.8 Å². The number of nitrogens with zero attached hydrogens (tertiary/aromatic N) is 3. The van der Waals surface area contributed by atoms with Crippen LogP contribution in [0.5, 0.6) is 0 Å². The van der Waals surface area contributed by atoms with Gasteiger partial charge in [-0.25, -0.2) is 18.2 Å². The van der Waals surface area contributed by atoms with E-state index in [1.54, 1.807) is 0 Å². The summed E-state index contributed by atoms with van der Waals surface area (Å²) in [6, 6.07) is 4.09. The summed E-state index contributed by atoms with van der Waals surface area (Å²) in [5.74, 6) is 1.06. The second kappa shape index (κ2) is 6.69. The highest BCUT2D eigenvalue weighted by Crippen LogP contribution is 2.26. The Hall–Kier alpha value is -2.76. The van der Waals surface area contributed by atoms with E-state index in [1.807, 2.05) is 0 Å². The lowest BCUT2D eigenvalue weighted by atomic mass is 10.2. The minimum atomic E-state index is -3.86. The molecule has 1 aliphatic heterocycles. The van der Waals surface area contributed by atoms with Gasteiger partial charge in [-0.05, 0) is 18.2 Å². The molecule has 0 spiro atoms. The van der Waals surface area contributed by atoms with Crippen LogP contribution < -0.4 is 11.2 Å². The Bertz CT molecular complexity index is 1290. The molecule has 3 heterocycles. The summed E-state index contributed by atoms with van der Waals surface area (Å²) in [6.07, 6.45) is 0.397. The van der Waals surface area contributed by atoms with Crippen LogP contribution in [0.1, 0.15) is 17.3 Å². The maximum atomic E-state index is 13.1. The number of methoxy groups -OCH3 is 1. The van der Waals surface area contributed by atoms with Gasteiger partial charge in [0.1, 0.15) is 12.4 Å². The molecule has 0 bridgehead atoms. The lowest BCUT2D eigenvalue weighted by Crippen LogP contribution is -2.36. The summed E-state index contributed by atoms with van der Waals surface area (Å²) in [5, 5.41) is 0.129. The van der Waals surface area contributed by atoms with Crippen molar-refractivity contribution in [3.63, 3.8) is 0 Å². The van der Waals surface area contributed by atoms with Crippen molar-refractivity contribution in [3.05, 3.63) is 56.4 Å². The maximum Gasteiger partial charge on any atom is 0.328 e. The van der Waals surface area contributed by atoms with Crippen LogP contribution >= 0.6 is 0 Å². The average molecular weight is 406 g/mol. The number of fused-ring (bicyclic) bond motifs is 2. The van der Waals surface area contributed by atoms with Crippen molar-refractivity contribution in [3.8, 4) is 0 Å². The molecule has 1 aliphatic rings. The van der Waals surface area contributed by atoms with Gasteiger partial charge >= 0.3 is 5.69 Å². The molecule has 0 aliphatic carbocycles. The standard InChI is InChI=1S/C17H18N4O6S/c1-20-16(22)11-7-10(3-4-12(11)19-17(20)23)28(24,25)21-6-5-14-13(8-21)18-15(27-14)9-26-2/h3-4,7H,5-6,8-9H2,1-2H3,(H,19,23). The Morgan fingerprint density at radius 1 is 1.32 bits per heavy atom. The van der Waals surface area contributed by atoms with Crippen LogP contribution in [-0.4, -0.2) is 40.9 Å². The lowest BCUT2D eigenvalue weighted by Gasteiger charge is -2.24. The van der Waals surface area contributed by atoms with Crippen LogP contribution in [-0.2, 0) is 41.4 Å². The van der Waals surface area contributed by atoms with E-state index in [0.29, 0.717) is 23.8 Å². The van der Waals surface area contributed by atoms with Gasteiger partial charge in [0, 0.05) is 27.1 Å². The van der Waals surface area contributed by atoms with Gasteiger partial charge in [-0.1, -0.05) is 0 Å². The normalized spacial score (nSPS) is 15.1. The minimum absolute atomic E-state index is 0.0202. The Morgan fingerprint density at radius 2 is 2.11 bits per heavy atom. The van der Waals surface area contributed by atoms with Gasteiger partial charge in [-0.15, -0.1) is 0 Å². The van der Waals surface area contributed by atoms with E-state index in [-0.39, 0.29) is 35.5 Å². The van der Waals surface area contributed by atoms with Crippen LogP contribution in [0.15, 0.2) is 37.1 Å². The van der Waals surface area contributed by atoms with E-state index in [0.717, 1.165) is 4.57 Å². The van der Waals surface area contributed by atoms with Crippen LogP contribution in [0.4, 0.5) is 0 Å². The quantitative estimate of drug-likeness (QED) is 0.651. The molecule has 28 heavy (non-hydrogen) atoms. The van der Waals surface area contributed by atoms with Crippen LogP contribution in [0.3, 0.4) is 0 Å². The van der Waals surface area contributed by atoms with Crippen molar-refractivity contribution in [1.29, 1.82) is 0 Å². The minimum Gasteiger partial charge on any atom is -0.443 e. The van der Waals surface area contributed by atoms with E-state index < -0.39 is 21.3 Å². The SMILES string of the molecule is COCc1nc2c(o1)CCN(S(=O)(=O)c1ccc3[nH]c(=O)n(C)c(=O)c3c1)C2. The van der Waals surface area contributed by atoms with Gasteiger partial charge in [0.05, 0.1) is 28.0 Å². The molecule has 0 saturated carbocycles. The number of sulfonamides is 1. The average Bonchev–Trinajstić information content (AvgIpc) is 3.08. The van der Waals surface area contributed by atoms with Gasteiger partial charge < -0.3 is 14.1 Å². The number of H-pyrrole nitrogens is 1. The zero-order valence-corrected chi connectivity index (χ0v) is 16.1. The molecule has 4 rings (SSSR count). The number of aromatic nitrogens is 3. The van der Waals surface area contributed by atoms with E-state index >= 15 is 0 Å². The molecule has 10 nitrogen and oxygen atoms in total. The number of rotatable bonds is 4. The molecule has 2 aromatic heterocycles.